The molecule has 0 aliphatic heterocycles. The first kappa shape index (κ1) is 14.2. The van der Waals surface area contributed by atoms with Crippen LogP contribution in [0.2, 0.25) is 0 Å². The van der Waals surface area contributed by atoms with Crippen molar-refractivity contribution in [2.75, 3.05) is 12.4 Å². The van der Waals surface area contributed by atoms with Crippen LogP contribution in [0.15, 0.2) is 42.6 Å². The number of aromatic nitrogens is 1. The van der Waals surface area contributed by atoms with E-state index in [0.29, 0.717) is 5.56 Å². The van der Waals surface area contributed by atoms with Crippen molar-refractivity contribution in [2.24, 2.45) is 0 Å². The maximum Gasteiger partial charge on any atom is 0.337 e. The average Bonchev–Trinajstić information content (AvgIpc) is 2.92. The lowest BCUT2D eigenvalue weighted by molar-refractivity contribution is 0.0601. The second-order valence-electron chi connectivity index (χ2n) is 4.62. The Balaban J connectivity index is 2.03. The number of methoxy groups -OCH3 is 1. The molecule has 20 heavy (non-hydrogen) atoms. The van der Waals surface area contributed by atoms with Crippen LogP contribution in [-0.4, -0.2) is 17.6 Å². The highest BCUT2D eigenvalue weighted by Gasteiger charge is 2.06. The molecular formula is C16H20N2O2. The molecule has 0 amide bonds. The van der Waals surface area contributed by atoms with Gasteiger partial charge in [-0.3, -0.25) is 0 Å². The van der Waals surface area contributed by atoms with Crippen LogP contribution in [0.25, 0.3) is 0 Å². The van der Waals surface area contributed by atoms with Gasteiger partial charge in [-0.25, -0.2) is 4.79 Å². The number of carbonyl (C=O) groups is 1. The molecule has 0 saturated carbocycles. The van der Waals surface area contributed by atoms with Crippen molar-refractivity contribution in [3.8, 4) is 0 Å². The predicted octanol–water partition coefficient (Wildman–Crippen LogP) is 3.30. The monoisotopic (exact) mass is 272 g/mol. The topological polar surface area (TPSA) is 43.3 Å². The summed E-state index contributed by atoms with van der Waals surface area (Å²) in [4.78, 5) is 11.5. The van der Waals surface area contributed by atoms with E-state index in [4.69, 9.17) is 4.74 Å². The van der Waals surface area contributed by atoms with Gasteiger partial charge in [-0.1, -0.05) is 13.0 Å². The van der Waals surface area contributed by atoms with Gasteiger partial charge in [-0.2, -0.15) is 0 Å². The molecule has 0 bridgehead atoms. The van der Waals surface area contributed by atoms with Crippen LogP contribution in [0.4, 0.5) is 5.69 Å². The Labute approximate surface area is 119 Å². The van der Waals surface area contributed by atoms with Crippen LogP contribution in [0.5, 0.6) is 0 Å². The first-order valence-corrected chi connectivity index (χ1v) is 6.81. The minimum Gasteiger partial charge on any atom is -0.465 e. The molecule has 0 radical (unpaired) electrons. The Morgan fingerprint density at radius 1 is 1.30 bits per heavy atom. The third-order valence-corrected chi connectivity index (χ3v) is 3.15. The number of carbonyl (C=O) groups excluding carboxylic acids is 1. The van der Waals surface area contributed by atoms with Gasteiger partial charge < -0.3 is 14.6 Å². The maximum atomic E-state index is 11.5. The van der Waals surface area contributed by atoms with Gasteiger partial charge in [-0.05, 0) is 36.8 Å². The molecule has 4 nitrogen and oxygen atoms in total. The van der Waals surface area contributed by atoms with E-state index in [1.165, 1.54) is 12.8 Å². The fourth-order valence-corrected chi connectivity index (χ4v) is 2.14. The number of rotatable bonds is 6. The molecule has 1 heterocycles. The second-order valence-corrected chi connectivity index (χ2v) is 4.62. The smallest absolute Gasteiger partial charge is 0.337 e. The Morgan fingerprint density at radius 2 is 2.15 bits per heavy atom. The van der Waals surface area contributed by atoms with Crippen LogP contribution < -0.4 is 5.32 Å². The van der Waals surface area contributed by atoms with E-state index >= 15 is 0 Å². The number of esters is 1. The molecule has 4 heteroatoms. The summed E-state index contributed by atoms with van der Waals surface area (Å²) in [6, 6.07) is 11.5. The standard InChI is InChI=1S/C16H20N2O2/c1-3-9-18-10-5-8-15(18)12-17-14-7-4-6-13(11-14)16(19)20-2/h4-8,10-11,17H,3,9,12H2,1-2H3. The van der Waals surface area contributed by atoms with E-state index in [0.717, 1.165) is 25.2 Å². The van der Waals surface area contributed by atoms with Gasteiger partial charge in [0.15, 0.2) is 0 Å². The Hall–Kier alpha value is -2.23. The second kappa shape index (κ2) is 6.80. The third-order valence-electron chi connectivity index (χ3n) is 3.15. The van der Waals surface area contributed by atoms with E-state index < -0.39 is 0 Å². The van der Waals surface area contributed by atoms with E-state index in [2.05, 4.69) is 35.1 Å². The summed E-state index contributed by atoms with van der Waals surface area (Å²) in [7, 11) is 1.39. The molecule has 0 unspecified atom stereocenters. The number of hydrogen-bond acceptors (Lipinski definition) is 3. The van der Waals surface area contributed by atoms with Gasteiger partial charge in [-0.15, -0.1) is 0 Å². The van der Waals surface area contributed by atoms with Crippen LogP contribution in [0.1, 0.15) is 29.4 Å². The molecular weight excluding hydrogens is 252 g/mol. The minimum atomic E-state index is -0.317. The summed E-state index contributed by atoms with van der Waals surface area (Å²) >= 11 is 0. The number of aryl methyl sites for hydroxylation is 1. The highest BCUT2D eigenvalue weighted by molar-refractivity contribution is 5.90. The van der Waals surface area contributed by atoms with E-state index in [1.54, 1.807) is 12.1 Å². The highest BCUT2D eigenvalue weighted by atomic mass is 16.5. The first-order chi connectivity index (χ1) is 9.74. The number of nitrogens with one attached hydrogen (secondary N) is 1. The summed E-state index contributed by atoms with van der Waals surface area (Å²) < 4.78 is 6.96. The highest BCUT2D eigenvalue weighted by Crippen LogP contribution is 2.13. The molecule has 1 N–H and O–H groups in total. The summed E-state index contributed by atoms with van der Waals surface area (Å²) in [5.41, 5.74) is 2.70. The van der Waals surface area contributed by atoms with Crippen LogP contribution in [0, 0.1) is 0 Å². The number of hydrogen-bond donors (Lipinski definition) is 1. The molecule has 0 fully saturated rings. The van der Waals surface area contributed by atoms with Crippen molar-refractivity contribution < 1.29 is 9.53 Å². The largest absolute Gasteiger partial charge is 0.465 e. The average molecular weight is 272 g/mol. The van der Waals surface area contributed by atoms with Crippen molar-refractivity contribution in [3.63, 3.8) is 0 Å². The van der Waals surface area contributed by atoms with Crippen molar-refractivity contribution in [2.45, 2.75) is 26.4 Å². The Kier molecular flexibility index (Phi) is 4.82. The first-order valence-electron chi connectivity index (χ1n) is 6.81. The normalized spacial score (nSPS) is 10.3. The van der Waals surface area contributed by atoms with Gasteiger partial charge in [0.05, 0.1) is 19.2 Å². The molecule has 1 aromatic heterocycles. The van der Waals surface area contributed by atoms with Gasteiger partial charge in [0.2, 0.25) is 0 Å². The number of nitrogens with zero attached hydrogens (tertiary/aromatic N) is 1. The lowest BCUT2D eigenvalue weighted by Crippen LogP contribution is -2.08. The molecule has 0 saturated heterocycles. The van der Waals surface area contributed by atoms with Crippen molar-refractivity contribution in [3.05, 3.63) is 53.9 Å². The minimum absolute atomic E-state index is 0.317. The molecule has 106 valence electrons. The fourth-order valence-electron chi connectivity index (χ4n) is 2.14. The summed E-state index contributed by atoms with van der Waals surface area (Å²) in [6.45, 7) is 3.92. The lowest BCUT2D eigenvalue weighted by Gasteiger charge is -2.11. The molecule has 0 aliphatic rings. The lowest BCUT2D eigenvalue weighted by atomic mass is 10.2. The summed E-state index contributed by atoms with van der Waals surface area (Å²) in [5.74, 6) is -0.317. The zero-order chi connectivity index (χ0) is 14.4. The molecule has 2 rings (SSSR count). The molecule has 0 spiro atoms. The van der Waals surface area contributed by atoms with Gasteiger partial charge in [0.1, 0.15) is 0 Å². The van der Waals surface area contributed by atoms with Crippen LogP contribution in [0.3, 0.4) is 0 Å². The van der Waals surface area contributed by atoms with Gasteiger partial charge >= 0.3 is 5.97 Å². The van der Waals surface area contributed by atoms with Gasteiger partial charge in [0, 0.05) is 24.1 Å². The van der Waals surface area contributed by atoms with E-state index in [-0.39, 0.29) is 5.97 Å². The fraction of sp³-hybridized carbons (Fsp3) is 0.312. The number of ether oxygens (including phenoxy) is 1. The summed E-state index contributed by atoms with van der Waals surface area (Å²) in [5, 5.41) is 3.34. The summed E-state index contributed by atoms with van der Waals surface area (Å²) in [6.07, 6.45) is 3.20. The molecule has 0 aliphatic carbocycles. The van der Waals surface area contributed by atoms with Crippen molar-refractivity contribution >= 4 is 11.7 Å². The SMILES string of the molecule is CCCn1cccc1CNc1cccc(C(=O)OC)c1. The van der Waals surface area contributed by atoms with E-state index in [9.17, 15) is 4.79 Å². The van der Waals surface area contributed by atoms with Crippen molar-refractivity contribution in [1.29, 1.82) is 0 Å². The molecule has 1 aromatic carbocycles. The van der Waals surface area contributed by atoms with Crippen LogP contribution >= 0.6 is 0 Å². The molecule has 2 aromatic rings. The zero-order valence-electron chi connectivity index (χ0n) is 11.9. The molecule has 0 atom stereocenters. The zero-order valence-corrected chi connectivity index (χ0v) is 11.9. The van der Waals surface area contributed by atoms with Gasteiger partial charge in [0.25, 0.3) is 0 Å². The predicted molar refractivity (Wildman–Crippen MR) is 79.8 cm³/mol. The van der Waals surface area contributed by atoms with Crippen LogP contribution in [-0.2, 0) is 17.8 Å². The number of anilines is 1. The Bertz CT molecular complexity index is 575. The Morgan fingerprint density at radius 3 is 2.90 bits per heavy atom. The maximum absolute atomic E-state index is 11.5. The van der Waals surface area contributed by atoms with E-state index in [1.807, 2.05) is 12.1 Å². The van der Waals surface area contributed by atoms with Crippen molar-refractivity contribution in [1.82, 2.24) is 4.57 Å². The quantitative estimate of drug-likeness (QED) is 0.820. The number of benzene rings is 1. The third kappa shape index (κ3) is 3.41.